The van der Waals surface area contributed by atoms with Crippen LogP contribution in [0.1, 0.15) is 63.2 Å². The topological polar surface area (TPSA) is 112 Å². The van der Waals surface area contributed by atoms with E-state index in [4.69, 9.17) is 9.47 Å². The number of aryl methyl sites for hydroxylation is 1. The summed E-state index contributed by atoms with van der Waals surface area (Å²) in [5.41, 5.74) is 2.73. The second-order valence-electron chi connectivity index (χ2n) is 8.04. The second kappa shape index (κ2) is 9.02. The number of carbonyl (C=O) groups excluding carboxylic acids is 5. The smallest absolute Gasteiger partial charge is 0.337 e. The number of benzene rings is 2. The summed E-state index contributed by atoms with van der Waals surface area (Å²) in [7, 11) is 2.46. The summed E-state index contributed by atoms with van der Waals surface area (Å²) in [5, 5.41) is 0. The number of methoxy groups -OCH3 is 2. The number of Topliss-reactive ketones (excluding diaryl/α,β-unsaturated/α-hetero) is 1. The molecule has 178 valence electrons. The Hall–Kier alpha value is -4.53. The van der Waals surface area contributed by atoms with Gasteiger partial charge in [0.1, 0.15) is 0 Å². The Kier molecular flexibility index (Phi) is 6.09. The molecule has 0 aliphatic carbocycles. The first-order valence-electron chi connectivity index (χ1n) is 10.7. The lowest BCUT2D eigenvalue weighted by atomic mass is 10.1. The highest BCUT2D eigenvalue weighted by Crippen LogP contribution is 2.26. The summed E-state index contributed by atoms with van der Waals surface area (Å²) >= 11 is 0. The molecule has 2 aromatic carbocycles. The zero-order chi connectivity index (χ0) is 25.4. The maximum Gasteiger partial charge on any atom is 0.337 e. The number of amides is 2. The predicted molar refractivity (Wildman–Crippen MR) is 124 cm³/mol. The Balaban J connectivity index is 1.71. The van der Waals surface area contributed by atoms with Crippen LogP contribution < -0.4 is 0 Å². The Labute approximate surface area is 200 Å². The molecule has 0 spiro atoms. The molecule has 0 bridgehead atoms. The molecule has 0 N–H and O–H groups in total. The van der Waals surface area contributed by atoms with Crippen molar-refractivity contribution in [1.29, 1.82) is 0 Å². The van der Waals surface area contributed by atoms with E-state index in [-0.39, 0.29) is 22.3 Å². The number of rotatable bonds is 6. The van der Waals surface area contributed by atoms with E-state index < -0.39 is 36.1 Å². The van der Waals surface area contributed by atoms with E-state index in [0.717, 1.165) is 4.90 Å². The first kappa shape index (κ1) is 23.6. The zero-order valence-electron chi connectivity index (χ0n) is 19.6. The third kappa shape index (κ3) is 4.01. The van der Waals surface area contributed by atoms with Crippen LogP contribution in [0.15, 0.2) is 48.5 Å². The number of carbonyl (C=O) groups is 5. The van der Waals surface area contributed by atoms with Crippen LogP contribution in [-0.2, 0) is 9.47 Å². The van der Waals surface area contributed by atoms with Crippen LogP contribution >= 0.6 is 0 Å². The minimum absolute atomic E-state index is 0.136. The predicted octanol–water partition coefficient (Wildman–Crippen LogP) is 3.15. The summed E-state index contributed by atoms with van der Waals surface area (Å²) in [5.74, 6) is -2.72. The molecule has 0 saturated heterocycles. The molecule has 1 aromatic heterocycles. The molecule has 0 saturated carbocycles. The first-order valence-corrected chi connectivity index (χ1v) is 10.7. The van der Waals surface area contributed by atoms with Crippen LogP contribution in [0, 0.1) is 13.8 Å². The highest BCUT2D eigenvalue weighted by atomic mass is 16.5. The largest absolute Gasteiger partial charge is 0.465 e. The molecule has 9 heteroatoms. The number of ketones is 1. The lowest BCUT2D eigenvalue weighted by Gasteiger charge is -2.14. The molecular weight excluding hydrogens is 452 g/mol. The highest BCUT2D eigenvalue weighted by molar-refractivity contribution is 6.23. The summed E-state index contributed by atoms with van der Waals surface area (Å²) in [6.07, 6.45) is 0. The number of hydrogen-bond donors (Lipinski definition) is 0. The average molecular weight is 474 g/mol. The molecule has 1 aliphatic heterocycles. The van der Waals surface area contributed by atoms with Crippen LogP contribution in [0.3, 0.4) is 0 Å². The van der Waals surface area contributed by atoms with Gasteiger partial charge in [-0.2, -0.15) is 0 Å². The fourth-order valence-electron chi connectivity index (χ4n) is 4.27. The van der Waals surface area contributed by atoms with E-state index in [0.29, 0.717) is 22.6 Å². The van der Waals surface area contributed by atoms with Gasteiger partial charge in [0, 0.05) is 22.6 Å². The third-order valence-electron chi connectivity index (χ3n) is 5.93. The Morgan fingerprint density at radius 1 is 0.800 bits per heavy atom. The van der Waals surface area contributed by atoms with Crippen molar-refractivity contribution in [2.75, 3.05) is 20.8 Å². The maximum absolute atomic E-state index is 13.2. The number of fused-ring (bicyclic) bond motifs is 1. The van der Waals surface area contributed by atoms with Gasteiger partial charge in [-0.3, -0.25) is 19.3 Å². The van der Waals surface area contributed by atoms with Gasteiger partial charge in [-0.25, -0.2) is 9.59 Å². The van der Waals surface area contributed by atoms with Crippen LogP contribution in [0.25, 0.3) is 5.69 Å². The van der Waals surface area contributed by atoms with Crippen LogP contribution in [-0.4, -0.2) is 59.8 Å². The van der Waals surface area contributed by atoms with Crippen molar-refractivity contribution in [3.63, 3.8) is 0 Å². The van der Waals surface area contributed by atoms with Crippen molar-refractivity contribution in [1.82, 2.24) is 9.47 Å². The zero-order valence-corrected chi connectivity index (χ0v) is 19.6. The van der Waals surface area contributed by atoms with Crippen LogP contribution in [0.2, 0.25) is 0 Å². The van der Waals surface area contributed by atoms with Gasteiger partial charge in [0.15, 0.2) is 5.78 Å². The Morgan fingerprint density at radius 3 is 1.80 bits per heavy atom. The minimum Gasteiger partial charge on any atom is -0.465 e. The fraction of sp³-hybridized carbons (Fsp3) is 0.192. The molecule has 0 atom stereocenters. The molecular formula is C26H22N2O7. The van der Waals surface area contributed by atoms with Gasteiger partial charge in [0.2, 0.25) is 0 Å². The SMILES string of the molecule is COC(=O)c1cc(C(=O)OC)cc(-n2c(C)cc(C(=O)CN3C(=O)c4ccccc4C3=O)c2C)c1. The second-order valence-corrected chi connectivity index (χ2v) is 8.04. The third-order valence-corrected chi connectivity index (χ3v) is 5.93. The van der Waals surface area contributed by atoms with Gasteiger partial charge in [-0.1, -0.05) is 12.1 Å². The van der Waals surface area contributed by atoms with Gasteiger partial charge in [-0.05, 0) is 50.2 Å². The van der Waals surface area contributed by atoms with Crippen LogP contribution in [0.4, 0.5) is 0 Å². The maximum atomic E-state index is 13.2. The van der Waals surface area contributed by atoms with E-state index in [9.17, 15) is 24.0 Å². The van der Waals surface area contributed by atoms with Crippen molar-refractivity contribution >= 4 is 29.5 Å². The minimum atomic E-state index is -0.638. The van der Waals surface area contributed by atoms with Crippen LogP contribution in [0.5, 0.6) is 0 Å². The van der Waals surface area contributed by atoms with Gasteiger partial charge >= 0.3 is 11.9 Å². The monoisotopic (exact) mass is 474 g/mol. The Bertz CT molecular complexity index is 1350. The molecule has 3 aromatic rings. The molecule has 2 amide bonds. The van der Waals surface area contributed by atoms with Gasteiger partial charge in [-0.15, -0.1) is 0 Å². The first-order chi connectivity index (χ1) is 16.7. The molecule has 0 unspecified atom stereocenters. The number of ether oxygens (including phenoxy) is 2. The summed E-state index contributed by atoms with van der Waals surface area (Å²) in [6, 6.07) is 12.5. The molecule has 9 nitrogen and oxygen atoms in total. The van der Waals surface area contributed by atoms with E-state index >= 15 is 0 Å². The summed E-state index contributed by atoms with van der Waals surface area (Å²) in [4.78, 5) is 63.8. The van der Waals surface area contributed by atoms with Crippen molar-refractivity contribution in [2.45, 2.75) is 13.8 Å². The number of nitrogens with zero attached hydrogens (tertiary/aromatic N) is 2. The molecule has 1 aliphatic rings. The van der Waals surface area contributed by atoms with E-state index in [1.165, 1.54) is 32.4 Å². The van der Waals surface area contributed by atoms with Gasteiger partial charge < -0.3 is 14.0 Å². The molecule has 4 rings (SSSR count). The van der Waals surface area contributed by atoms with Gasteiger partial charge in [0.05, 0.1) is 43.0 Å². The number of imide groups is 1. The highest BCUT2D eigenvalue weighted by Gasteiger charge is 2.36. The van der Waals surface area contributed by atoms with E-state index in [2.05, 4.69) is 0 Å². The lowest BCUT2D eigenvalue weighted by molar-refractivity contribution is 0.0594. The standard InChI is InChI=1S/C26H22N2O7/c1-14-9-21(22(29)13-27-23(30)19-7-5-6-8-20(19)24(27)31)15(2)28(14)18-11-16(25(32)34-3)10-17(12-18)26(33)35-4/h5-12H,13H2,1-4H3. The quantitative estimate of drug-likeness (QED) is 0.306. The Morgan fingerprint density at radius 2 is 1.31 bits per heavy atom. The summed E-state index contributed by atoms with van der Waals surface area (Å²) in [6.45, 7) is 3.05. The molecule has 0 radical (unpaired) electrons. The van der Waals surface area contributed by atoms with E-state index in [1.54, 1.807) is 48.7 Å². The normalized spacial score (nSPS) is 12.5. The van der Waals surface area contributed by atoms with Crippen molar-refractivity contribution < 1.29 is 33.4 Å². The lowest BCUT2D eigenvalue weighted by Crippen LogP contribution is -2.35. The number of hydrogen-bond acceptors (Lipinski definition) is 7. The molecule has 2 heterocycles. The number of esters is 2. The molecule has 0 fully saturated rings. The average Bonchev–Trinajstić information content (AvgIpc) is 3.30. The van der Waals surface area contributed by atoms with Gasteiger partial charge in [0.25, 0.3) is 11.8 Å². The fourth-order valence-corrected chi connectivity index (χ4v) is 4.27. The van der Waals surface area contributed by atoms with Crippen molar-refractivity contribution in [2.24, 2.45) is 0 Å². The summed E-state index contributed by atoms with van der Waals surface area (Å²) < 4.78 is 11.3. The van der Waals surface area contributed by atoms with Crippen molar-refractivity contribution in [3.05, 3.63) is 87.7 Å². The van der Waals surface area contributed by atoms with Crippen molar-refractivity contribution in [3.8, 4) is 5.69 Å². The number of aromatic nitrogens is 1. The van der Waals surface area contributed by atoms with E-state index in [1.807, 2.05) is 0 Å². The molecule has 35 heavy (non-hydrogen) atoms.